The highest BCUT2D eigenvalue weighted by Gasteiger charge is 2.05. The number of aryl methyl sites for hydroxylation is 1. The standard InChI is InChI=1S/C16H23N3O/c1-5-9-18-16(17-4)19-12-14-8-7-13(3)11-15(14)20-10-6-2/h1,7-8,11H,6,9-10,12H2,2-4H3,(H2,17,18,19). The van der Waals surface area contributed by atoms with Gasteiger partial charge in [-0.05, 0) is 25.0 Å². The van der Waals surface area contributed by atoms with Crippen LogP contribution >= 0.6 is 0 Å². The van der Waals surface area contributed by atoms with Gasteiger partial charge in [-0.25, -0.2) is 0 Å². The second kappa shape index (κ2) is 8.87. The van der Waals surface area contributed by atoms with Gasteiger partial charge in [-0.2, -0.15) is 0 Å². The molecule has 20 heavy (non-hydrogen) atoms. The lowest BCUT2D eigenvalue weighted by Gasteiger charge is -2.14. The zero-order valence-electron chi connectivity index (χ0n) is 12.5. The van der Waals surface area contributed by atoms with Crippen molar-refractivity contribution < 1.29 is 4.74 Å². The summed E-state index contributed by atoms with van der Waals surface area (Å²) in [6.45, 7) is 5.97. The molecule has 0 spiro atoms. The highest BCUT2D eigenvalue weighted by molar-refractivity contribution is 5.79. The molecule has 4 nitrogen and oxygen atoms in total. The Morgan fingerprint density at radius 2 is 2.20 bits per heavy atom. The minimum absolute atomic E-state index is 0.451. The third kappa shape index (κ3) is 5.23. The Kier molecular flexibility index (Phi) is 7.05. The van der Waals surface area contributed by atoms with Gasteiger partial charge in [-0.1, -0.05) is 25.0 Å². The van der Waals surface area contributed by atoms with Crippen LogP contribution in [0.25, 0.3) is 0 Å². The van der Waals surface area contributed by atoms with Gasteiger partial charge in [0, 0.05) is 19.2 Å². The van der Waals surface area contributed by atoms with Crippen molar-refractivity contribution in [2.45, 2.75) is 26.8 Å². The number of ether oxygens (including phenoxy) is 1. The third-order valence-corrected chi connectivity index (χ3v) is 2.71. The number of nitrogens with zero attached hydrogens (tertiary/aromatic N) is 1. The fourth-order valence-electron chi connectivity index (χ4n) is 1.69. The molecule has 0 saturated heterocycles. The molecule has 2 N–H and O–H groups in total. The van der Waals surface area contributed by atoms with E-state index in [2.05, 4.69) is 53.6 Å². The number of rotatable bonds is 6. The van der Waals surface area contributed by atoms with Crippen LogP contribution in [-0.2, 0) is 6.54 Å². The maximum atomic E-state index is 5.78. The Hall–Kier alpha value is -2.15. The van der Waals surface area contributed by atoms with Crippen LogP contribution in [0.3, 0.4) is 0 Å². The lowest BCUT2D eigenvalue weighted by atomic mass is 10.1. The average molecular weight is 273 g/mol. The Balaban J connectivity index is 2.68. The number of aliphatic imine (C=N–C) groups is 1. The summed E-state index contributed by atoms with van der Waals surface area (Å²) in [6, 6.07) is 6.21. The van der Waals surface area contributed by atoms with E-state index in [1.807, 2.05) is 0 Å². The summed E-state index contributed by atoms with van der Waals surface area (Å²) < 4.78 is 5.78. The number of guanidine groups is 1. The minimum Gasteiger partial charge on any atom is -0.493 e. The molecule has 0 saturated carbocycles. The van der Waals surface area contributed by atoms with E-state index in [1.165, 1.54) is 5.56 Å². The monoisotopic (exact) mass is 273 g/mol. The van der Waals surface area contributed by atoms with Gasteiger partial charge >= 0.3 is 0 Å². The van der Waals surface area contributed by atoms with Gasteiger partial charge in [0.25, 0.3) is 0 Å². The van der Waals surface area contributed by atoms with E-state index >= 15 is 0 Å². The zero-order valence-corrected chi connectivity index (χ0v) is 12.5. The van der Waals surface area contributed by atoms with E-state index in [-0.39, 0.29) is 0 Å². The topological polar surface area (TPSA) is 45.7 Å². The van der Waals surface area contributed by atoms with Crippen molar-refractivity contribution in [1.29, 1.82) is 0 Å². The molecule has 0 aromatic heterocycles. The van der Waals surface area contributed by atoms with Crippen molar-refractivity contribution in [3.8, 4) is 18.1 Å². The van der Waals surface area contributed by atoms with Crippen LogP contribution in [0.2, 0.25) is 0 Å². The number of hydrogen-bond acceptors (Lipinski definition) is 2. The normalized spacial score (nSPS) is 10.8. The van der Waals surface area contributed by atoms with Crippen LogP contribution in [0.4, 0.5) is 0 Å². The van der Waals surface area contributed by atoms with E-state index in [0.29, 0.717) is 19.0 Å². The number of benzene rings is 1. The summed E-state index contributed by atoms with van der Waals surface area (Å²) in [5.74, 6) is 4.13. The van der Waals surface area contributed by atoms with Crippen molar-refractivity contribution in [1.82, 2.24) is 10.6 Å². The number of nitrogens with one attached hydrogen (secondary N) is 2. The molecule has 0 fully saturated rings. The van der Waals surface area contributed by atoms with Crippen LogP contribution < -0.4 is 15.4 Å². The highest BCUT2D eigenvalue weighted by Crippen LogP contribution is 2.20. The summed E-state index contributed by atoms with van der Waals surface area (Å²) in [7, 11) is 1.72. The molecule has 0 atom stereocenters. The molecule has 108 valence electrons. The van der Waals surface area contributed by atoms with Crippen molar-refractivity contribution in [3.63, 3.8) is 0 Å². The molecule has 0 bridgehead atoms. The van der Waals surface area contributed by atoms with Crippen molar-refractivity contribution in [3.05, 3.63) is 29.3 Å². The molecule has 0 aliphatic rings. The predicted octanol–water partition coefficient (Wildman–Crippen LogP) is 2.08. The fraction of sp³-hybridized carbons (Fsp3) is 0.438. The van der Waals surface area contributed by atoms with Crippen molar-refractivity contribution in [2.75, 3.05) is 20.2 Å². The van der Waals surface area contributed by atoms with Crippen LogP contribution in [0.1, 0.15) is 24.5 Å². The molecule has 0 heterocycles. The van der Waals surface area contributed by atoms with E-state index in [1.54, 1.807) is 7.05 Å². The maximum absolute atomic E-state index is 5.78. The Morgan fingerprint density at radius 3 is 2.85 bits per heavy atom. The fourth-order valence-corrected chi connectivity index (χ4v) is 1.69. The summed E-state index contributed by atoms with van der Waals surface area (Å²) in [6.07, 6.45) is 6.21. The largest absolute Gasteiger partial charge is 0.493 e. The predicted molar refractivity (Wildman–Crippen MR) is 84.0 cm³/mol. The average Bonchev–Trinajstić information content (AvgIpc) is 2.46. The quantitative estimate of drug-likeness (QED) is 0.474. The molecule has 1 aromatic rings. The first-order chi connectivity index (χ1) is 9.71. The SMILES string of the molecule is C#CCNC(=NC)NCc1ccc(C)cc1OCCC. The molecular formula is C16H23N3O. The number of hydrogen-bond donors (Lipinski definition) is 2. The van der Waals surface area contributed by atoms with E-state index in [4.69, 9.17) is 11.2 Å². The zero-order chi connectivity index (χ0) is 14.8. The van der Waals surface area contributed by atoms with Crippen LogP contribution in [0, 0.1) is 19.3 Å². The number of terminal acetylenes is 1. The summed E-state index contributed by atoms with van der Waals surface area (Å²) in [4.78, 5) is 4.11. The molecule has 0 radical (unpaired) electrons. The first kappa shape index (κ1) is 15.9. The highest BCUT2D eigenvalue weighted by atomic mass is 16.5. The first-order valence-corrected chi connectivity index (χ1v) is 6.81. The third-order valence-electron chi connectivity index (χ3n) is 2.71. The van der Waals surface area contributed by atoms with Gasteiger partial charge in [0.2, 0.25) is 0 Å². The van der Waals surface area contributed by atoms with Gasteiger partial charge in [0.1, 0.15) is 5.75 Å². The summed E-state index contributed by atoms with van der Waals surface area (Å²) in [5, 5.41) is 6.25. The van der Waals surface area contributed by atoms with Gasteiger partial charge in [-0.15, -0.1) is 6.42 Å². The molecular weight excluding hydrogens is 250 g/mol. The van der Waals surface area contributed by atoms with Crippen LogP contribution in [-0.4, -0.2) is 26.2 Å². The molecule has 1 rings (SSSR count). The molecule has 0 aliphatic heterocycles. The lowest BCUT2D eigenvalue weighted by molar-refractivity contribution is 0.313. The molecule has 4 heteroatoms. The molecule has 0 unspecified atom stereocenters. The van der Waals surface area contributed by atoms with E-state index < -0.39 is 0 Å². The molecule has 1 aromatic carbocycles. The van der Waals surface area contributed by atoms with Crippen molar-refractivity contribution in [2.24, 2.45) is 4.99 Å². The van der Waals surface area contributed by atoms with Gasteiger partial charge < -0.3 is 15.4 Å². The first-order valence-electron chi connectivity index (χ1n) is 6.81. The Labute approximate surface area is 121 Å². The Morgan fingerprint density at radius 1 is 1.40 bits per heavy atom. The van der Waals surface area contributed by atoms with Crippen LogP contribution in [0.15, 0.2) is 23.2 Å². The smallest absolute Gasteiger partial charge is 0.192 e. The van der Waals surface area contributed by atoms with E-state index in [9.17, 15) is 0 Å². The molecule has 0 amide bonds. The van der Waals surface area contributed by atoms with Crippen LogP contribution in [0.5, 0.6) is 5.75 Å². The lowest BCUT2D eigenvalue weighted by Crippen LogP contribution is -2.37. The van der Waals surface area contributed by atoms with E-state index in [0.717, 1.165) is 24.3 Å². The second-order valence-electron chi connectivity index (χ2n) is 4.44. The summed E-state index contributed by atoms with van der Waals surface area (Å²) >= 11 is 0. The van der Waals surface area contributed by atoms with Gasteiger partial charge in [0.15, 0.2) is 5.96 Å². The molecule has 0 aliphatic carbocycles. The minimum atomic E-state index is 0.451. The summed E-state index contributed by atoms with van der Waals surface area (Å²) in [5.41, 5.74) is 2.29. The maximum Gasteiger partial charge on any atom is 0.192 e. The van der Waals surface area contributed by atoms with Gasteiger partial charge in [0.05, 0.1) is 13.2 Å². The Bertz CT molecular complexity index is 489. The van der Waals surface area contributed by atoms with Gasteiger partial charge in [-0.3, -0.25) is 4.99 Å². The van der Waals surface area contributed by atoms with Crippen molar-refractivity contribution >= 4 is 5.96 Å². The second-order valence-corrected chi connectivity index (χ2v) is 4.44.